The number of rotatable bonds is 10. The lowest BCUT2D eigenvalue weighted by atomic mass is 9.87. The summed E-state index contributed by atoms with van der Waals surface area (Å²) in [6.07, 6.45) is 26.9. The van der Waals surface area contributed by atoms with Gasteiger partial charge in [-0.25, -0.2) is 0 Å². The molecule has 1 fully saturated rings. The predicted molar refractivity (Wildman–Crippen MR) is 85.3 cm³/mol. The number of hydrogen-bond donors (Lipinski definition) is 0. The van der Waals surface area contributed by atoms with Gasteiger partial charge in [0.2, 0.25) is 0 Å². The average molecular weight is 260 g/mol. The van der Waals surface area contributed by atoms with Crippen LogP contribution in [0.3, 0.4) is 0 Å². The molecule has 0 radical (unpaired) electrons. The molecule has 2 aliphatic carbocycles. The molecule has 0 heterocycles. The van der Waals surface area contributed by atoms with Crippen molar-refractivity contribution < 1.29 is 0 Å². The van der Waals surface area contributed by atoms with E-state index < -0.39 is 0 Å². The standard InChI is InChI=1S/C19H32/c1-2-3-4-5-6-7-8-9-10-11-14-19-15-12-18(17-19)13-16-19/h11-12,14-15,18H,2-10,13,16-17H2,1H3. The Labute approximate surface area is 120 Å². The molecule has 0 aliphatic heterocycles. The van der Waals surface area contributed by atoms with E-state index in [1.165, 1.54) is 77.0 Å². The fourth-order valence-electron chi connectivity index (χ4n) is 3.71. The lowest BCUT2D eigenvalue weighted by Gasteiger charge is -2.17. The van der Waals surface area contributed by atoms with Crippen molar-refractivity contribution >= 4 is 0 Å². The molecule has 2 atom stereocenters. The molecule has 2 aliphatic rings. The highest BCUT2D eigenvalue weighted by Crippen LogP contribution is 2.50. The Morgan fingerprint density at radius 2 is 1.79 bits per heavy atom. The van der Waals surface area contributed by atoms with E-state index in [4.69, 9.17) is 0 Å². The molecule has 0 N–H and O–H groups in total. The van der Waals surface area contributed by atoms with E-state index in [-0.39, 0.29) is 0 Å². The molecule has 0 amide bonds. The zero-order valence-corrected chi connectivity index (χ0v) is 12.9. The minimum atomic E-state index is 0.491. The van der Waals surface area contributed by atoms with Gasteiger partial charge in [-0.2, -0.15) is 0 Å². The minimum Gasteiger partial charge on any atom is -0.0877 e. The molecule has 2 rings (SSSR count). The maximum absolute atomic E-state index is 2.53. The van der Waals surface area contributed by atoms with Gasteiger partial charge in [-0.1, -0.05) is 76.2 Å². The van der Waals surface area contributed by atoms with Crippen molar-refractivity contribution in [2.45, 2.75) is 84.0 Å². The van der Waals surface area contributed by atoms with Crippen LogP contribution < -0.4 is 0 Å². The van der Waals surface area contributed by atoms with Crippen LogP contribution in [-0.2, 0) is 0 Å². The van der Waals surface area contributed by atoms with Crippen molar-refractivity contribution in [2.24, 2.45) is 11.3 Å². The highest BCUT2D eigenvalue weighted by atomic mass is 14.4. The summed E-state index contributed by atoms with van der Waals surface area (Å²) in [5.74, 6) is 0.910. The topological polar surface area (TPSA) is 0 Å². The molecular weight excluding hydrogens is 228 g/mol. The average Bonchev–Trinajstić information content (AvgIpc) is 3.02. The van der Waals surface area contributed by atoms with Gasteiger partial charge in [-0.05, 0) is 38.0 Å². The summed E-state index contributed by atoms with van der Waals surface area (Å²) < 4.78 is 0. The van der Waals surface area contributed by atoms with Crippen molar-refractivity contribution in [3.8, 4) is 0 Å². The highest BCUT2D eigenvalue weighted by Gasteiger charge is 2.38. The Kier molecular flexibility index (Phi) is 6.20. The number of fused-ring (bicyclic) bond motifs is 2. The van der Waals surface area contributed by atoms with Gasteiger partial charge in [0, 0.05) is 5.41 Å². The van der Waals surface area contributed by atoms with Crippen molar-refractivity contribution in [1.29, 1.82) is 0 Å². The van der Waals surface area contributed by atoms with Gasteiger partial charge >= 0.3 is 0 Å². The van der Waals surface area contributed by atoms with Crippen LogP contribution in [0.25, 0.3) is 0 Å². The van der Waals surface area contributed by atoms with Crippen LogP contribution in [0.1, 0.15) is 84.0 Å². The first-order valence-corrected chi connectivity index (χ1v) is 8.72. The Hall–Kier alpha value is -0.520. The van der Waals surface area contributed by atoms with Crippen LogP contribution in [0.4, 0.5) is 0 Å². The van der Waals surface area contributed by atoms with Gasteiger partial charge in [0.15, 0.2) is 0 Å². The Bertz CT molecular complexity index is 299. The van der Waals surface area contributed by atoms with Gasteiger partial charge in [0.1, 0.15) is 0 Å². The van der Waals surface area contributed by atoms with Crippen molar-refractivity contribution in [3.63, 3.8) is 0 Å². The summed E-state index contributed by atoms with van der Waals surface area (Å²) >= 11 is 0. The second kappa shape index (κ2) is 7.92. The molecule has 19 heavy (non-hydrogen) atoms. The summed E-state index contributed by atoms with van der Waals surface area (Å²) in [4.78, 5) is 0. The number of allylic oxidation sites excluding steroid dienone is 4. The van der Waals surface area contributed by atoms with Crippen LogP contribution in [0, 0.1) is 11.3 Å². The van der Waals surface area contributed by atoms with Crippen LogP contribution in [0.15, 0.2) is 24.3 Å². The fourth-order valence-corrected chi connectivity index (χ4v) is 3.71. The summed E-state index contributed by atoms with van der Waals surface area (Å²) in [6, 6.07) is 0. The third-order valence-electron chi connectivity index (χ3n) is 5.00. The van der Waals surface area contributed by atoms with Gasteiger partial charge in [0.05, 0.1) is 0 Å². The van der Waals surface area contributed by atoms with Crippen molar-refractivity contribution in [2.75, 3.05) is 0 Å². The van der Waals surface area contributed by atoms with Crippen LogP contribution in [0.5, 0.6) is 0 Å². The molecule has 108 valence electrons. The molecule has 0 spiro atoms. The van der Waals surface area contributed by atoms with Crippen molar-refractivity contribution in [3.05, 3.63) is 24.3 Å². The largest absolute Gasteiger partial charge is 0.0877 e. The molecule has 0 aromatic carbocycles. The van der Waals surface area contributed by atoms with E-state index in [0.717, 1.165) is 5.92 Å². The lowest BCUT2D eigenvalue weighted by molar-refractivity contribution is 0.520. The molecule has 0 aromatic heterocycles. The van der Waals surface area contributed by atoms with Crippen LogP contribution in [-0.4, -0.2) is 0 Å². The normalized spacial score (nSPS) is 28.8. The number of hydrogen-bond acceptors (Lipinski definition) is 0. The first-order chi connectivity index (χ1) is 9.35. The van der Waals surface area contributed by atoms with Gasteiger partial charge < -0.3 is 0 Å². The Morgan fingerprint density at radius 1 is 1.05 bits per heavy atom. The van der Waals surface area contributed by atoms with E-state index in [1.807, 2.05) is 0 Å². The lowest BCUT2D eigenvalue weighted by Crippen LogP contribution is -2.06. The summed E-state index contributed by atoms with van der Waals surface area (Å²) in [5.41, 5.74) is 0.491. The smallest absolute Gasteiger partial charge is 0.00668 e. The zero-order valence-electron chi connectivity index (χ0n) is 12.9. The third kappa shape index (κ3) is 4.82. The molecule has 2 unspecified atom stereocenters. The molecule has 0 saturated heterocycles. The maximum Gasteiger partial charge on any atom is 0.00668 e. The van der Waals surface area contributed by atoms with Gasteiger partial charge in [-0.3, -0.25) is 0 Å². The van der Waals surface area contributed by atoms with E-state index in [1.54, 1.807) is 0 Å². The molecule has 2 bridgehead atoms. The van der Waals surface area contributed by atoms with E-state index >= 15 is 0 Å². The molecule has 0 aromatic rings. The van der Waals surface area contributed by atoms with Gasteiger partial charge in [-0.15, -0.1) is 0 Å². The molecule has 0 nitrogen and oxygen atoms in total. The maximum atomic E-state index is 2.53. The minimum absolute atomic E-state index is 0.491. The van der Waals surface area contributed by atoms with E-state index in [0.29, 0.717) is 5.41 Å². The van der Waals surface area contributed by atoms with Gasteiger partial charge in [0.25, 0.3) is 0 Å². The second-order valence-electron chi connectivity index (χ2n) is 6.76. The predicted octanol–water partition coefficient (Wildman–Crippen LogP) is 6.43. The molecule has 0 heteroatoms. The quantitative estimate of drug-likeness (QED) is 0.313. The summed E-state index contributed by atoms with van der Waals surface area (Å²) in [5, 5.41) is 0. The van der Waals surface area contributed by atoms with Crippen molar-refractivity contribution in [1.82, 2.24) is 0 Å². The molecule has 1 saturated carbocycles. The highest BCUT2D eigenvalue weighted by molar-refractivity contribution is 5.22. The SMILES string of the molecule is CCCCCCCCCCC=CC12C=CC(CC1)C2. The Morgan fingerprint density at radius 3 is 2.37 bits per heavy atom. The monoisotopic (exact) mass is 260 g/mol. The summed E-state index contributed by atoms with van der Waals surface area (Å²) in [6.45, 7) is 2.29. The summed E-state index contributed by atoms with van der Waals surface area (Å²) in [7, 11) is 0. The first-order valence-electron chi connectivity index (χ1n) is 8.72. The molecular formula is C19H32. The fraction of sp³-hybridized carbons (Fsp3) is 0.789. The van der Waals surface area contributed by atoms with Crippen LogP contribution in [0.2, 0.25) is 0 Å². The Balaban J connectivity index is 1.45. The first kappa shape index (κ1) is 14.9. The second-order valence-corrected chi connectivity index (χ2v) is 6.76. The van der Waals surface area contributed by atoms with E-state index in [2.05, 4.69) is 31.2 Å². The zero-order chi connectivity index (χ0) is 13.4. The van der Waals surface area contributed by atoms with E-state index in [9.17, 15) is 0 Å². The number of unbranched alkanes of at least 4 members (excludes halogenated alkanes) is 8. The van der Waals surface area contributed by atoms with Crippen LogP contribution >= 0.6 is 0 Å². The third-order valence-corrected chi connectivity index (χ3v) is 5.00.